The molecule has 3 heterocycles. The van der Waals surface area contributed by atoms with Gasteiger partial charge in [0.2, 0.25) is 0 Å². The van der Waals surface area contributed by atoms with E-state index in [0.717, 1.165) is 56.8 Å². The van der Waals surface area contributed by atoms with E-state index in [1.54, 1.807) is 0 Å². The van der Waals surface area contributed by atoms with Crippen molar-refractivity contribution in [2.75, 3.05) is 49.1 Å². The summed E-state index contributed by atoms with van der Waals surface area (Å²) in [4.78, 5) is 13.8. The summed E-state index contributed by atoms with van der Waals surface area (Å²) >= 11 is 0. The second-order valence-electron chi connectivity index (χ2n) is 5.64. The van der Waals surface area contributed by atoms with Crippen LogP contribution in [0, 0.1) is 5.92 Å². The van der Waals surface area contributed by atoms with Crippen molar-refractivity contribution in [2.24, 2.45) is 5.92 Å². The second-order valence-corrected chi connectivity index (χ2v) is 5.64. The quantitative estimate of drug-likeness (QED) is 0.864. The van der Waals surface area contributed by atoms with Gasteiger partial charge in [0.05, 0.1) is 12.4 Å². The van der Waals surface area contributed by atoms with Crippen LogP contribution in [0.5, 0.6) is 0 Å². The average Bonchev–Trinajstić information content (AvgIpc) is 2.49. The lowest BCUT2D eigenvalue weighted by Crippen LogP contribution is -2.44. The Labute approximate surface area is 115 Å². The molecule has 0 aromatic carbocycles. The molecule has 1 N–H and O–H groups in total. The van der Waals surface area contributed by atoms with Gasteiger partial charge in [0.25, 0.3) is 0 Å². The largest absolute Gasteiger partial charge is 0.355 e. The fourth-order valence-electron chi connectivity index (χ4n) is 2.77. The van der Waals surface area contributed by atoms with E-state index in [4.69, 9.17) is 0 Å². The van der Waals surface area contributed by atoms with Crippen molar-refractivity contribution in [3.8, 4) is 0 Å². The molecule has 0 amide bonds. The number of piperidine rings is 1. The van der Waals surface area contributed by atoms with Crippen molar-refractivity contribution in [3.05, 3.63) is 12.4 Å². The predicted octanol–water partition coefficient (Wildman–Crippen LogP) is 1.12. The Morgan fingerprint density at radius 3 is 2.00 bits per heavy atom. The lowest BCUT2D eigenvalue weighted by molar-refractivity contribution is 0.436. The van der Waals surface area contributed by atoms with E-state index >= 15 is 0 Å². The van der Waals surface area contributed by atoms with Gasteiger partial charge in [-0.3, -0.25) is 0 Å². The summed E-state index contributed by atoms with van der Waals surface area (Å²) in [6, 6.07) is 0. The van der Waals surface area contributed by atoms with Gasteiger partial charge >= 0.3 is 0 Å². The second kappa shape index (κ2) is 5.74. The summed E-state index contributed by atoms with van der Waals surface area (Å²) < 4.78 is 0. The van der Waals surface area contributed by atoms with Crippen LogP contribution in [0.15, 0.2) is 12.4 Å². The van der Waals surface area contributed by atoms with Crippen molar-refractivity contribution >= 4 is 11.6 Å². The maximum absolute atomic E-state index is 4.60. The Morgan fingerprint density at radius 1 is 0.947 bits per heavy atom. The number of hydrogen-bond acceptors (Lipinski definition) is 5. The van der Waals surface area contributed by atoms with Gasteiger partial charge in [-0.15, -0.1) is 0 Å². The van der Waals surface area contributed by atoms with Crippen molar-refractivity contribution in [3.63, 3.8) is 0 Å². The predicted molar refractivity (Wildman–Crippen MR) is 77.7 cm³/mol. The number of hydrogen-bond donors (Lipinski definition) is 1. The molecule has 2 aliphatic rings. The standard InChI is InChI=1S/C14H23N5/c1-12-2-6-18(7-3-12)13-10-17-14(11-16-13)19-8-4-15-5-9-19/h10-12,15H,2-9H2,1H3. The van der Waals surface area contributed by atoms with Crippen LogP contribution < -0.4 is 15.1 Å². The van der Waals surface area contributed by atoms with Gasteiger partial charge < -0.3 is 15.1 Å². The van der Waals surface area contributed by atoms with Crippen molar-refractivity contribution in [2.45, 2.75) is 19.8 Å². The first-order chi connectivity index (χ1) is 9.33. The number of aromatic nitrogens is 2. The third kappa shape index (κ3) is 2.97. The SMILES string of the molecule is CC1CCN(c2cnc(N3CCNCC3)cn2)CC1. The third-order valence-corrected chi connectivity index (χ3v) is 4.17. The molecule has 0 unspecified atom stereocenters. The van der Waals surface area contributed by atoms with Gasteiger partial charge in [-0.1, -0.05) is 6.92 Å². The zero-order valence-corrected chi connectivity index (χ0v) is 11.7. The lowest BCUT2D eigenvalue weighted by atomic mass is 9.99. The van der Waals surface area contributed by atoms with E-state index in [1.165, 1.54) is 12.8 Å². The molecule has 0 bridgehead atoms. The number of nitrogens with one attached hydrogen (secondary N) is 1. The Hall–Kier alpha value is -1.36. The molecule has 0 atom stereocenters. The van der Waals surface area contributed by atoms with Crippen molar-refractivity contribution < 1.29 is 0 Å². The van der Waals surface area contributed by atoms with Crippen LogP contribution in [-0.2, 0) is 0 Å². The molecule has 1 aromatic heterocycles. The Kier molecular flexibility index (Phi) is 3.82. The summed E-state index contributed by atoms with van der Waals surface area (Å²) in [5.74, 6) is 2.89. The number of piperazine rings is 1. The van der Waals surface area contributed by atoms with E-state index in [2.05, 4.69) is 32.0 Å². The van der Waals surface area contributed by atoms with Crippen molar-refractivity contribution in [1.29, 1.82) is 0 Å². The molecule has 2 saturated heterocycles. The summed E-state index contributed by atoms with van der Waals surface area (Å²) in [5, 5.41) is 3.35. The van der Waals surface area contributed by atoms with Crippen molar-refractivity contribution in [1.82, 2.24) is 15.3 Å². The smallest absolute Gasteiger partial charge is 0.147 e. The van der Waals surface area contributed by atoms with Gasteiger partial charge in [0.15, 0.2) is 0 Å². The van der Waals surface area contributed by atoms with Gasteiger partial charge in [-0.2, -0.15) is 0 Å². The Balaban J connectivity index is 1.65. The number of rotatable bonds is 2. The fourth-order valence-corrected chi connectivity index (χ4v) is 2.77. The molecule has 1 aromatic rings. The minimum atomic E-state index is 0.851. The molecular weight excluding hydrogens is 238 g/mol. The highest BCUT2D eigenvalue weighted by Gasteiger charge is 2.18. The van der Waals surface area contributed by atoms with Crippen LogP contribution in [0.4, 0.5) is 11.6 Å². The maximum atomic E-state index is 4.60. The van der Waals surface area contributed by atoms with Crippen LogP contribution in [0.2, 0.25) is 0 Å². The minimum Gasteiger partial charge on any atom is -0.355 e. The van der Waals surface area contributed by atoms with Gasteiger partial charge in [0.1, 0.15) is 11.6 Å². The molecular formula is C14H23N5. The summed E-state index contributed by atoms with van der Waals surface area (Å²) in [6.45, 7) is 8.67. The average molecular weight is 261 g/mol. The minimum absolute atomic E-state index is 0.851. The molecule has 0 saturated carbocycles. The zero-order chi connectivity index (χ0) is 13.1. The zero-order valence-electron chi connectivity index (χ0n) is 11.7. The highest BCUT2D eigenvalue weighted by Crippen LogP contribution is 2.21. The topological polar surface area (TPSA) is 44.3 Å². The summed E-state index contributed by atoms with van der Waals surface area (Å²) in [5.41, 5.74) is 0. The van der Waals surface area contributed by atoms with Crippen LogP contribution in [-0.4, -0.2) is 49.2 Å². The normalized spacial score (nSPS) is 21.7. The fraction of sp³-hybridized carbons (Fsp3) is 0.714. The van der Waals surface area contributed by atoms with E-state index in [1.807, 2.05) is 12.4 Å². The highest BCUT2D eigenvalue weighted by atomic mass is 15.3. The van der Waals surface area contributed by atoms with Crippen LogP contribution in [0.1, 0.15) is 19.8 Å². The van der Waals surface area contributed by atoms with E-state index < -0.39 is 0 Å². The van der Waals surface area contributed by atoms with Gasteiger partial charge in [0, 0.05) is 39.3 Å². The molecule has 0 radical (unpaired) electrons. The third-order valence-electron chi connectivity index (χ3n) is 4.17. The Bertz CT molecular complexity index is 391. The molecule has 0 spiro atoms. The van der Waals surface area contributed by atoms with Crippen LogP contribution in [0.25, 0.3) is 0 Å². The van der Waals surface area contributed by atoms with E-state index in [-0.39, 0.29) is 0 Å². The first kappa shape index (κ1) is 12.7. The molecule has 104 valence electrons. The Morgan fingerprint density at radius 2 is 1.47 bits per heavy atom. The molecule has 5 heteroatoms. The maximum Gasteiger partial charge on any atom is 0.147 e. The van der Waals surface area contributed by atoms with E-state index in [0.29, 0.717) is 0 Å². The van der Waals surface area contributed by atoms with Crippen LogP contribution >= 0.6 is 0 Å². The number of nitrogens with zero attached hydrogens (tertiary/aromatic N) is 4. The summed E-state index contributed by atoms with van der Waals surface area (Å²) in [6.07, 6.45) is 6.40. The molecule has 5 nitrogen and oxygen atoms in total. The van der Waals surface area contributed by atoms with Crippen LogP contribution in [0.3, 0.4) is 0 Å². The monoisotopic (exact) mass is 261 g/mol. The first-order valence-corrected chi connectivity index (χ1v) is 7.35. The first-order valence-electron chi connectivity index (χ1n) is 7.35. The molecule has 19 heavy (non-hydrogen) atoms. The summed E-state index contributed by atoms with van der Waals surface area (Å²) in [7, 11) is 0. The lowest BCUT2D eigenvalue weighted by Gasteiger charge is -2.32. The highest BCUT2D eigenvalue weighted by molar-refractivity contribution is 5.43. The van der Waals surface area contributed by atoms with Gasteiger partial charge in [-0.05, 0) is 18.8 Å². The molecule has 0 aliphatic carbocycles. The number of anilines is 2. The van der Waals surface area contributed by atoms with E-state index in [9.17, 15) is 0 Å². The van der Waals surface area contributed by atoms with Gasteiger partial charge in [-0.25, -0.2) is 9.97 Å². The molecule has 2 fully saturated rings. The molecule has 2 aliphatic heterocycles. The molecule has 3 rings (SSSR count).